The van der Waals surface area contributed by atoms with E-state index in [1.165, 1.54) is 5.56 Å². The molecule has 0 aliphatic heterocycles. The molecule has 2 aromatic heterocycles. The molecule has 20 heavy (non-hydrogen) atoms. The van der Waals surface area contributed by atoms with Gasteiger partial charge >= 0.3 is 0 Å². The Kier molecular flexibility index (Phi) is 4.22. The maximum absolute atomic E-state index is 4.47. The van der Waals surface area contributed by atoms with Crippen LogP contribution >= 0.6 is 0 Å². The summed E-state index contributed by atoms with van der Waals surface area (Å²) in [5.41, 5.74) is 3.36. The Hall–Kier alpha value is -2.11. The fourth-order valence-electron chi connectivity index (χ4n) is 2.25. The summed E-state index contributed by atoms with van der Waals surface area (Å²) >= 11 is 0. The Bertz CT molecular complexity index is 602. The lowest BCUT2D eigenvalue weighted by Crippen LogP contribution is -2.08. The van der Waals surface area contributed by atoms with Gasteiger partial charge in [0.25, 0.3) is 0 Å². The van der Waals surface area contributed by atoms with Crippen LogP contribution in [0.4, 0.5) is 11.6 Å². The quantitative estimate of drug-likeness (QED) is 0.873. The van der Waals surface area contributed by atoms with Gasteiger partial charge in [0.05, 0.1) is 5.69 Å². The first-order chi connectivity index (χ1) is 9.55. The minimum atomic E-state index is 0.720. The zero-order chi connectivity index (χ0) is 14.7. The van der Waals surface area contributed by atoms with Gasteiger partial charge < -0.3 is 10.6 Å². The van der Waals surface area contributed by atoms with Crippen molar-refractivity contribution in [1.29, 1.82) is 0 Å². The normalized spacial score (nSPS) is 10.7. The zero-order valence-electron chi connectivity index (χ0n) is 12.8. The van der Waals surface area contributed by atoms with E-state index in [0.29, 0.717) is 0 Å². The van der Waals surface area contributed by atoms with E-state index in [9.17, 15) is 0 Å². The lowest BCUT2D eigenvalue weighted by atomic mass is 10.2. The molecule has 0 unspecified atom stereocenters. The molecule has 0 fully saturated rings. The molecule has 0 bridgehead atoms. The zero-order valence-corrected chi connectivity index (χ0v) is 12.8. The topological polar surface area (TPSA) is 67.7 Å². The summed E-state index contributed by atoms with van der Waals surface area (Å²) in [5.74, 6) is 2.49. The van der Waals surface area contributed by atoms with Crippen molar-refractivity contribution >= 4 is 11.6 Å². The van der Waals surface area contributed by atoms with Crippen molar-refractivity contribution < 1.29 is 0 Å². The van der Waals surface area contributed by atoms with Gasteiger partial charge in [0.1, 0.15) is 17.5 Å². The third-order valence-electron chi connectivity index (χ3n) is 3.27. The number of anilines is 2. The van der Waals surface area contributed by atoms with Gasteiger partial charge in [-0.3, -0.25) is 4.68 Å². The molecule has 0 aliphatic carbocycles. The lowest BCUT2D eigenvalue weighted by Gasteiger charge is -2.12. The second-order valence-corrected chi connectivity index (χ2v) is 4.82. The van der Waals surface area contributed by atoms with Crippen LogP contribution in [0.25, 0.3) is 0 Å². The van der Waals surface area contributed by atoms with E-state index in [2.05, 4.69) is 32.6 Å². The molecular weight excluding hydrogens is 252 g/mol. The summed E-state index contributed by atoms with van der Waals surface area (Å²) in [6.45, 7) is 6.74. The van der Waals surface area contributed by atoms with Gasteiger partial charge in [0.15, 0.2) is 0 Å². The van der Waals surface area contributed by atoms with E-state index in [-0.39, 0.29) is 0 Å². The molecular formula is C14H22N6. The minimum Gasteiger partial charge on any atom is -0.373 e. The second kappa shape index (κ2) is 5.90. The first-order valence-corrected chi connectivity index (χ1v) is 6.83. The molecule has 0 aromatic carbocycles. The number of nitrogens with one attached hydrogen (secondary N) is 2. The number of hydrogen-bond acceptors (Lipinski definition) is 5. The van der Waals surface area contributed by atoms with E-state index in [1.54, 1.807) is 0 Å². The van der Waals surface area contributed by atoms with Crippen LogP contribution in [0, 0.1) is 13.8 Å². The molecule has 0 spiro atoms. The summed E-state index contributed by atoms with van der Waals surface area (Å²) in [6.07, 6.45) is 2.98. The molecule has 2 aromatic rings. The highest BCUT2D eigenvalue weighted by atomic mass is 15.3. The number of aromatic nitrogens is 4. The van der Waals surface area contributed by atoms with Crippen molar-refractivity contribution in [3.05, 3.63) is 28.8 Å². The van der Waals surface area contributed by atoms with E-state index < -0.39 is 0 Å². The Morgan fingerprint density at radius 3 is 2.55 bits per heavy atom. The average Bonchev–Trinajstić information content (AvgIpc) is 2.79. The summed E-state index contributed by atoms with van der Waals surface area (Å²) in [5, 5.41) is 10.9. The number of rotatable bonds is 5. The molecule has 0 atom stereocenters. The Morgan fingerprint density at radius 2 is 1.90 bits per heavy atom. The van der Waals surface area contributed by atoms with Gasteiger partial charge in [-0.1, -0.05) is 6.92 Å². The highest BCUT2D eigenvalue weighted by Gasteiger charge is 2.10. The molecule has 0 saturated carbocycles. The molecule has 0 saturated heterocycles. The lowest BCUT2D eigenvalue weighted by molar-refractivity contribution is 0.746. The summed E-state index contributed by atoms with van der Waals surface area (Å²) < 4.78 is 1.85. The van der Waals surface area contributed by atoms with E-state index in [1.807, 2.05) is 38.8 Å². The fraction of sp³-hybridized carbons (Fsp3) is 0.500. The highest BCUT2D eigenvalue weighted by molar-refractivity contribution is 5.57. The van der Waals surface area contributed by atoms with Crippen molar-refractivity contribution in [3.8, 4) is 0 Å². The summed E-state index contributed by atoms with van der Waals surface area (Å²) in [7, 11) is 3.82. The van der Waals surface area contributed by atoms with Crippen LogP contribution in [0.5, 0.6) is 0 Å². The number of nitrogens with zero attached hydrogens (tertiary/aromatic N) is 4. The SMILES string of the molecule is CCc1nn(C)cc1CNc1nc(C)nc(NC)c1C. The molecule has 0 radical (unpaired) electrons. The standard InChI is InChI=1S/C14H22N6/c1-6-12-11(8-20(5)19-12)7-16-14-9(2)13(15-4)17-10(3)18-14/h8H,6-7H2,1-5H3,(H2,15,16,17,18). The average molecular weight is 274 g/mol. The predicted octanol–water partition coefficient (Wildman–Crippen LogP) is 2.04. The molecule has 6 nitrogen and oxygen atoms in total. The van der Waals surface area contributed by atoms with Crippen LogP contribution in [0.15, 0.2) is 6.20 Å². The molecule has 2 N–H and O–H groups in total. The van der Waals surface area contributed by atoms with Crippen molar-refractivity contribution in [3.63, 3.8) is 0 Å². The van der Waals surface area contributed by atoms with Crippen LogP contribution in [0.1, 0.15) is 29.6 Å². The van der Waals surface area contributed by atoms with Crippen molar-refractivity contribution in [2.75, 3.05) is 17.7 Å². The highest BCUT2D eigenvalue weighted by Crippen LogP contribution is 2.20. The second-order valence-electron chi connectivity index (χ2n) is 4.82. The van der Waals surface area contributed by atoms with Crippen LogP contribution in [-0.2, 0) is 20.0 Å². The van der Waals surface area contributed by atoms with E-state index in [4.69, 9.17) is 0 Å². The monoisotopic (exact) mass is 274 g/mol. The molecule has 0 aliphatic rings. The largest absolute Gasteiger partial charge is 0.373 e. The van der Waals surface area contributed by atoms with Crippen molar-refractivity contribution in [2.24, 2.45) is 7.05 Å². The van der Waals surface area contributed by atoms with Crippen molar-refractivity contribution in [1.82, 2.24) is 19.7 Å². The maximum atomic E-state index is 4.47. The minimum absolute atomic E-state index is 0.720. The Balaban J connectivity index is 2.20. The smallest absolute Gasteiger partial charge is 0.135 e. The van der Waals surface area contributed by atoms with Crippen LogP contribution < -0.4 is 10.6 Å². The fourth-order valence-corrected chi connectivity index (χ4v) is 2.25. The van der Waals surface area contributed by atoms with Crippen LogP contribution in [0.2, 0.25) is 0 Å². The summed E-state index contributed by atoms with van der Waals surface area (Å²) in [4.78, 5) is 8.84. The Labute approximate surface area is 119 Å². The molecule has 2 rings (SSSR count). The van der Waals surface area contributed by atoms with E-state index in [0.717, 1.165) is 41.7 Å². The van der Waals surface area contributed by atoms with Crippen molar-refractivity contribution in [2.45, 2.75) is 33.7 Å². The number of hydrogen-bond donors (Lipinski definition) is 2. The maximum Gasteiger partial charge on any atom is 0.135 e. The molecule has 6 heteroatoms. The van der Waals surface area contributed by atoms with Crippen LogP contribution in [-0.4, -0.2) is 26.8 Å². The van der Waals surface area contributed by atoms with Gasteiger partial charge in [0, 0.05) is 38.0 Å². The van der Waals surface area contributed by atoms with Gasteiger partial charge in [-0.2, -0.15) is 5.10 Å². The molecule has 2 heterocycles. The Morgan fingerprint density at radius 1 is 1.20 bits per heavy atom. The van der Waals surface area contributed by atoms with Crippen LogP contribution in [0.3, 0.4) is 0 Å². The third kappa shape index (κ3) is 2.89. The first-order valence-electron chi connectivity index (χ1n) is 6.83. The predicted molar refractivity (Wildman–Crippen MR) is 81.0 cm³/mol. The van der Waals surface area contributed by atoms with E-state index >= 15 is 0 Å². The third-order valence-corrected chi connectivity index (χ3v) is 3.27. The number of aryl methyl sites for hydroxylation is 3. The van der Waals surface area contributed by atoms with Gasteiger partial charge in [0.2, 0.25) is 0 Å². The molecule has 0 amide bonds. The summed E-state index contributed by atoms with van der Waals surface area (Å²) in [6, 6.07) is 0. The van der Waals surface area contributed by atoms with Gasteiger partial charge in [-0.25, -0.2) is 9.97 Å². The van der Waals surface area contributed by atoms with Gasteiger partial charge in [-0.15, -0.1) is 0 Å². The molecule has 108 valence electrons. The van der Waals surface area contributed by atoms with Gasteiger partial charge in [-0.05, 0) is 20.3 Å². The first kappa shape index (κ1) is 14.3.